The zero-order valence-corrected chi connectivity index (χ0v) is 11.5. The minimum absolute atomic E-state index is 0.0269. The van der Waals surface area contributed by atoms with E-state index in [2.05, 4.69) is 11.1 Å². The number of fused-ring (bicyclic) bond motifs is 1. The van der Waals surface area contributed by atoms with Crippen molar-refractivity contribution in [2.75, 3.05) is 0 Å². The van der Waals surface area contributed by atoms with Gasteiger partial charge >= 0.3 is 0 Å². The van der Waals surface area contributed by atoms with Crippen LogP contribution in [0.1, 0.15) is 32.1 Å². The van der Waals surface area contributed by atoms with E-state index < -0.39 is 0 Å². The molecule has 4 rings (SSSR count). The minimum atomic E-state index is -0.173. The molecule has 2 aliphatic rings. The van der Waals surface area contributed by atoms with Crippen LogP contribution in [-0.4, -0.2) is 22.3 Å². The van der Waals surface area contributed by atoms with Gasteiger partial charge in [0.05, 0.1) is 11.6 Å². The van der Waals surface area contributed by atoms with Gasteiger partial charge in [0.15, 0.2) is 0 Å². The van der Waals surface area contributed by atoms with Crippen LogP contribution in [-0.2, 0) is 0 Å². The summed E-state index contributed by atoms with van der Waals surface area (Å²) in [5, 5.41) is 11.3. The molecule has 104 valence electrons. The van der Waals surface area contributed by atoms with Gasteiger partial charge in [0.25, 0.3) is 0 Å². The van der Waals surface area contributed by atoms with Gasteiger partial charge in [-0.3, -0.25) is 4.98 Å². The molecule has 2 fully saturated rings. The first kappa shape index (κ1) is 12.2. The summed E-state index contributed by atoms with van der Waals surface area (Å²) in [6, 6.07) is 10.1. The molecule has 1 aromatic carbocycles. The Morgan fingerprint density at radius 2 is 2.05 bits per heavy atom. The number of benzene rings is 1. The molecule has 0 radical (unpaired) electrons. The van der Waals surface area contributed by atoms with E-state index in [1.165, 1.54) is 12.8 Å². The van der Waals surface area contributed by atoms with Crippen molar-refractivity contribution in [3.8, 4) is 5.75 Å². The quantitative estimate of drug-likeness (QED) is 0.909. The standard InChI is InChI=1S/C17H19NO2/c19-15-11-16(17(15)7-1-2-8-17)20-13-6-5-12-4-3-9-18-14(12)10-13/h3-6,9-10,15-16,19H,1-2,7-8,11H2. The van der Waals surface area contributed by atoms with Gasteiger partial charge in [-0.2, -0.15) is 0 Å². The van der Waals surface area contributed by atoms with Crippen molar-refractivity contribution in [3.63, 3.8) is 0 Å². The number of nitrogens with zero attached hydrogens (tertiary/aromatic N) is 1. The van der Waals surface area contributed by atoms with Gasteiger partial charge in [-0.05, 0) is 31.0 Å². The average molecular weight is 269 g/mol. The zero-order chi connectivity index (χ0) is 13.6. The lowest BCUT2D eigenvalue weighted by atomic mass is 9.62. The molecule has 2 aromatic rings. The summed E-state index contributed by atoms with van der Waals surface area (Å²) in [7, 11) is 0. The van der Waals surface area contributed by atoms with Gasteiger partial charge in [0, 0.05) is 29.5 Å². The van der Waals surface area contributed by atoms with Crippen molar-refractivity contribution in [1.29, 1.82) is 0 Å². The predicted molar refractivity (Wildman–Crippen MR) is 77.7 cm³/mol. The lowest BCUT2D eigenvalue weighted by Gasteiger charge is -2.51. The molecule has 1 heterocycles. The first-order valence-corrected chi connectivity index (χ1v) is 7.47. The van der Waals surface area contributed by atoms with Crippen molar-refractivity contribution in [1.82, 2.24) is 4.98 Å². The van der Waals surface area contributed by atoms with Crippen LogP contribution >= 0.6 is 0 Å². The molecular formula is C17H19NO2. The van der Waals surface area contributed by atoms with E-state index >= 15 is 0 Å². The second kappa shape index (κ2) is 4.45. The van der Waals surface area contributed by atoms with Gasteiger partial charge in [-0.1, -0.05) is 18.9 Å². The van der Waals surface area contributed by atoms with E-state index in [4.69, 9.17) is 4.74 Å². The molecule has 2 atom stereocenters. The highest BCUT2D eigenvalue weighted by molar-refractivity contribution is 5.79. The lowest BCUT2D eigenvalue weighted by Crippen LogP contribution is -2.58. The molecule has 3 heteroatoms. The van der Waals surface area contributed by atoms with Gasteiger partial charge in [0.1, 0.15) is 11.9 Å². The average Bonchev–Trinajstić information content (AvgIpc) is 2.99. The Morgan fingerprint density at radius 3 is 2.85 bits per heavy atom. The summed E-state index contributed by atoms with van der Waals surface area (Å²) >= 11 is 0. The summed E-state index contributed by atoms with van der Waals surface area (Å²) in [4.78, 5) is 4.37. The third kappa shape index (κ3) is 1.73. The molecule has 1 N–H and O–H groups in total. The number of hydrogen-bond donors (Lipinski definition) is 1. The van der Waals surface area contributed by atoms with Crippen molar-refractivity contribution in [2.24, 2.45) is 5.41 Å². The van der Waals surface area contributed by atoms with Crippen LogP contribution in [0.2, 0.25) is 0 Å². The molecule has 0 saturated heterocycles. The summed E-state index contributed by atoms with van der Waals surface area (Å²) in [5.41, 5.74) is 0.990. The number of aliphatic hydroxyl groups excluding tert-OH is 1. The number of hydrogen-bond acceptors (Lipinski definition) is 3. The Morgan fingerprint density at radius 1 is 1.20 bits per heavy atom. The van der Waals surface area contributed by atoms with Crippen LogP contribution in [0.15, 0.2) is 36.5 Å². The zero-order valence-electron chi connectivity index (χ0n) is 11.5. The molecule has 1 spiro atoms. The molecular weight excluding hydrogens is 250 g/mol. The Kier molecular flexibility index (Phi) is 2.71. The van der Waals surface area contributed by atoms with Crippen molar-refractivity contribution < 1.29 is 9.84 Å². The fraction of sp³-hybridized carbons (Fsp3) is 0.471. The topological polar surface area (TPSA) is 42.4 Å². The Labute approximate surface area is 118 Å². The molecule has 2 saturated carbocycles. The van der Waals surface area contributed by atoms with Crippen LogP contribution in [0, 0.1) is 5.41 Å². The third-order valence-electron chi connectivity index (χ3n) is 5.13. The largest absolute Gasteiger partial charge is 0.490 e. The van der Waals surface area contributed by atoms with Crippen LogP contribution in [0.3, 0.4) is 0 Å². The summed E-state index contributed by atoms with van der Waals surface area (Å²) in [6.07, 6.45) is 7.20. The van der Waals surface area contributed by atoms with Crippen molar-refractivity contribution in [2.45, 2.75) is 44.3 Å². The first-order chi connectivity index (χ1) is 9.78. The molecule has 20 heavy (non-hydrogen) atoms. The maximum Gasteiger partial charge on any atom is 0.121 e. The number of rotatable bonds is 2. The smallest absolute Gasteiger partial charge is 0.121 e. The van der Waals surface area contributed by atoms with E-state index in [1.807, 2.05) is 24.3 Å². The predicted octanol–water partition coefficient (Wildman–Crippen LogP) is 3.31. The third-order valence-corrected chi connectivity index (χ3v) is 5.13. The summed E-state index contributed by atoms with van der Waals surface area (Å²) in [6.45, 7) is 0. The molecule has 2 aliphatic carbocycles. The SMILES string of the molecule is OC1CC(Oc2ccc3cccnc3c2)C12CCCC2. The van der Waals surface area contributed by atoms with Crippen LogP contribution in [0.4, 0.5) is 0 Å². The second-order valence-corrected chi connectivity index (χ2v) is 6.16. The molecule has 2 unspecified atom stereocenters. The number of aliphatic hydroxyl groups is 1. The Bertz CT molecular complexity index is 634. The normalized spacial score (nSPS) is 27.6. The molecule has 0 amide bonds. The van der Waals surface area contributed by atoms with Gasteiger partial charge < -0.3 is 9.84 Å². The van der Waals surface area contributed by atoms with E-state index in [0.717, 1.165) is 35.9 Å². The molecule has 3 nitrogen and oxygen atoms in total. The van der Waals surface area contributed by atoms with Crippen molar-refractivity contribution >= 4 is 10.9 Å². The lowest BCUT2D eigenvalue weighted by molar-refractivity contribution is -0.151. The monoisotopic (exact) mass is 269 g/mol. The van der Waals surface area contributed by atoms with Crippen LogP contribution in [0.5, 0.6) is 5.75 Å². The molecule has 1 aromatic heterocycles. The second-order valence-electron chi connectivity index (χ2n) is 6.16. The summed E-state index contributed by atoms with van der Waals surface area (Å²) in [5.74, 6) is 0.874. The fourth-order valence-corrected chi connectivity index (χ4v) is 3.86. The van der Waals surface area contributed by atoms with Crippen LogP contribution < -0.4 is 4.74 Å². The van der Waals surface area contributed by atoms with E-state index in [0.29, 0.717) is 0 Å². The van der Waals surface area contributed by atoms with E-state index in [-0.39, 0.29) is 17.6 Å². The minimum Gasteiger partial charge on any atom is -0.490 e. The van der Waals surface area contributed by atoms with E-state index in [9.17, 15) is 5.11 Å². The number of ether oxygens (including phenoxy) is 1. The highest BCUT2D eigenvalue weighted by atomic mass is 16.5. The first-order valence-electron chi connectivity index (χ1n) is 7.47. The highest BCUT2D eigenvalue weighted by Crippen LogP contribution is 2.54. The van der Waals surface area contributed by atoms with E-state index in [1.54, 1.807) is 6.20 Å². The maximum atomic E-state index is 10.1. The van der Waals surface area contributed by atoms with Gasteiger partial charge in [-0.15, -0.1) is 0 Å². The van der Waals surface area contributed by atoms with Gasteiger partial charge in [-0.25, -0.2) is 0 Å². The molecule has 0 bridgehead atoms. The summed E-state index contributed by atoms with van der Waals surface area (Å²) < 4.78 is 6.17. The Balaban J connectivity index is 1.58. The Hall–Kier alpha value is -1.61. The van der Waals surface area contributed by atoms with Crippen molar-refractivity contribution in [3.05, 3.63) is 36.5 Å². The van der Waals surface area contributed by atoms with Gasteiger partial charge in [0.2, 0.25) is 0 Å². The van der Waals surface area contributed by atoms with Crippen LogP contribution in [0.25, 0.3) is 10.9 Å². The highest BCUT2D eigenvalue weighted by Gasteiger charge is 2.57. The number of pyridine rings is 1. The fourth-order valence-electron chi connectivity index (χ4n) is 3.86. The number of aromatic nitrogens is 1. The maximum absolute atomic E-state index is 10.1. The molecule has 0 aliphatic heterocycles.